The molecule has 0 atom stereocenters. The molecule has 0 unspecified atom stereocenters. The second-order valence-electron chi connectivity index (χ2n) is 5.56. The fraction of sp³-hybridized carbons (Fsp3) is 0. The van der Waals surface area contributed by atoms with Crippen molar-refractivity contribution in [1.82, 2.24) is 4.57 Å². The molecule has 4 aromatic rings. The average Bonchev–Trinajstić information content (AvgIpc) is 3.01. The van der Waals surface area contributed by atoms with Gasteiger partial charge in [-0.1, -0.05) is 78.9 Å². The summed E-state index contributed by atoms with van der Waals surface area (Å²) in [5.41, 5.74) is 4.93. The molecular formula is C22H17N. The third-order valence-electron chi connectivity index (χ3n) is 4.05. The lowest BCUT2D eigenvalue weighted by Gasteiger charge is -1.98. The van der Waals surface area contributed by atoms with Gasteiger partial charge in [0.1, 0.15) is 0 Å². The van der Waals surface area contributed by atoms with Crippen LogP contribution in [-0.4, -0.2) is 4.57 Å². The number of para-hydroxylation sites is 1. The minimum Gasteiger partial charge on any atom is -0.323 e. The molecule has 0 fully saturated rings. The molecule has 1 nitrogen and oxygen atoms in total. The van der Waals surface area contributed by atoms with E-state index in [-0.39, 0.29) is 0 Å². The van der Waals surface area contributed by atoms with Crippen LogP contribution >= 0.6 is 0 Å². The molecule has 0 N–H and O–H groups in total. The summed E-state index contributed by atoms with van der Waals surface area (Å²) in [4.78, 5) is 0. The highest BCUT2D eigenvalue weighted by molar-refractivity contribution is 5.97. The van der Waals surface area contributed by atoms with Gasteiger partial charge in [0.2, 0.25) is 0 Å². The van der Waals surface area contributed by atoms with Gasteiger partial charge in [0, 0.05) is 23.3 Å². The Morgan fingerprint density at radius 3 is 2.09 bits per heavy atom. The monoisotopic (exact) mass is 295 g/mol. The van der Waals surface area contributed by atoms with Crippen molar-refractivity contribution in [3.63, 3.8) is 0 Å². The topological polar surface area (TPSA) is 4.93 Å². The van der Waals surface area contributed by atoms with Gasteiger partial charge < -0.3 is 4.57 Å². The number of hydrogen-bond donors (Lipinski definition) is 0. The van der Waals surface area contributed by atoms with Crippen LogP contribution < -0.4 is 0 Å². The molecule has 23 heavy (non-hydrogen) atoms. The fourth-order valence-electron chi connectivity index (χ4n) is 2.91. The molecule has 0 aliphatic carbocycles. The maximum absolute atomic E-state index is 2.21. The largest absolute Gasteiger partial charge is 0.323 e. The van der Waals surface area contributed by atoms with Gasteiger partial charge in [0.25, 0.3) is 0 Å². The first-order valence-corrected chi connectivity index (χ1v) is 7.80. The number of benzene rings is 3. The third-order valence-corrected chi connectivity index (χ3v) is 4.05. The minimum absolute atomic E-state index is 1.20. The highest BCUT2D eigenvalue weighted by Gasteiger charge is 2.08. The summed E-state index contributed by atoms with van der Waals surface area (Å²) in [6, 6.07) is 29.5. The van der Waals surface area contributed by atoms with Gasteiger partial charge in [-0.3, -0.25) is 0 Å². The fourth-order valence-corrected chi connectivity index (χ4v) is 2.91. The van der Waals surface area contributed by atoms with Crippen molar-refractivity contribution in [2.75, 3.05) is 0 Å². The number of rotatable bonds is 3. The summed E-state index contributed by atoms with van der Waals surface area (Å²) in [5.74, 6) is 0. The van der Waals surface area contributed by atoms with Crippen molar-refractivity contribution in [1.29, 1.82) is 0 Å². The maximum atomic E-state index is 2.21. The third kappa shape index (κ3) is 2.69. The van der Waals surface area contributed by atoms with Gasteiger partial charge in [-0.2, -0.15) is 0 Å². The van der Waals surface area contributed by atoms with Crippen LogP contribution in [0.4, 0.5) is 0 Å². The van der Waals surface area contributed by atoms with E-state index >= 15 is 0 Å². The van der Waals surface area contributed by atoms with Crippen molar-refractivity contribution < 1.29 is 0 Å². The van der Waals surface area contributed by atoms with E-state index in [1.165, 1.54) is 27.6 Å². The van der Waals surface area contributed by atoms with Crippen LogP contribution in [0.25, 0.3) is 34.3 Å². The molecule has 0 amide bonds. The molecule has 4 rings (SSSR count). The van der Waals surface area contributed by atoms with Crippen molar-refractivity contribution >= 4 is 23.2 Å². The predicted octanol–water partition coefficient (Wildman–Crippen LogP) is 5.94. The molecule has 0 bridgehead atoms. The summed E-state index contributed by atoms with van der Waals surface area (Å²) in [7, 11) is 0. The highest BCUT2D eigenvalue weighted by atomic mass is 14.9. The maximum Gasteiger partial charge on any atom is 0.0528 e. The smallest absolute Gasteiger partial charge is 0.0528 e. The Kier molecular flexibility index (Phi) is 3.53. The first kappa shape index (κ1) is 13.6. The molecule has 0 aliphatic rings. The van der Waals surface area contributed by atoms with Gasteiger partial charge in [0.05, 0.1) is 5.52 Å². The number of hydrogen-bond acceptors (Lipinski definition) is 0. The zero-order valence-electron chi connectivity index (χ0n) is 12.8. The van der Waals surface area contributed by atoms with Crippen LogP contribution in [0.2, 0.25) is 0 Å². The summed E-state index contributed by atoms with van der Waals surface area (Å²) in [6.45, 7) is 0. The normalized spacial score (nSPS) is 11.3. The second kappa shape index (κ2) is 5.98. The molecule has 0 aliphatic heterocycles. The van der Waals surface area contributed by atoms with Gasteiger partial charge in [-0.15, -0.1) is 0 Å². The van der Waals surface area contributed by atoms with Crippen molar-refractivity contribution in [3.05, 3.63) is 96.7 Å². The van der Waals surface area contributed by atoms with E-state index in [0.29, 0.717) is 0 Å². The zero-order valence-corrected chi connectivity index (χ0v) is 12.8. The lowest BCUT2D eigenvalue weighted by Crippen LogP contribution is -1.82. The Balaban J connectivity index is 1.83. The molecule has 1 heterocycles. The van der Waals surface area contributed by atoms with Crippen molar-refractivity contribution in [2.45, 2.75) is 0 Å². The van der Waals surface area contributed by atoms with Gasteiger partial charge in [-0.05, 0) is 23.3 Å². The Morgan fingerprint density at radius 2 is 1.30 bits per heavy atom. The van der Waals surface area contributed by atoms with E-state index < -0.39 is 0 Å². The Bertz CT molecular complexity index is 947. The standard InChI is InChI=1S/C22H17N/c1-3-9-18(10-4-1)15-16-23-17-21(19-11-5-2-6-12-19)20-13-7-8-14-22(20)23/h1-17H/b16-15+. The Morgan fingerprint density at radius 1 is 0.652 bits per heavy atom. The first-order valence-electron chi connectivity index (χ1n) is 7.80. The summed E-state index contributed by atoms with van der Waals surface area (Å²) in [5, 5.41) is 1.27. The van der Waals surface area contributed by atoms with E-state index in [0.717, 1.165) is 0 Å². The zero-order chi connectivity index (χ0) is 15.5. The molecular weight excluding hydrogens is 278 g/mol. The molecule has 0 saturated carbocycles. The Hall–Kier alpha value is -3.06. The molecule has 110 valence electrons. The molecule has 0 saturated heterocycles. The van der Waals surface area contributed by atoms with Crippen LogP contribution in [0.3, 0.4) is 0 Å². The van der Waals surface area contributed by atoms with E-state index in [4.69, 9.17) is 0 Å². The number of aromatic nitrogens is 1. The van der Waals surface area contributed by atoms with Crippen molar-refractivity contribution in [3.8, 4) is 11.1 Å². The molecule has 0 radical (unpaired) electrons. The number of fused-ring (bicyclic) bond motifs is 1. The lowest BCUT2D eigenvalue weighted by atomic mass is 10.1. The van der Waals surface area contributed by atoms with Crippen LogP contribution in [0.5, 0.6) is 0 Å². The molecule has 0 spiro atoms. The van der Waals surface area contributed by atoms with E-state index in [9.17, 15) is 0 Å². The van der Waals surface area contributed by atoms with Gasteiger partial charge >= 0.3 is 0 Å². The minimum atomic E-state index is 1.20. The van der Waals surface area contributed by atoms with Gasteiger partial charge in [0.15, 0.2) is 0 Å². The molecule has 3 aromatic carbocycles. The first-order chi connectivity index (χ1) is 11.4. The Labute approximate surface area is 136 Å². The SMILES string of the molecule is C(=C\n1cc(-c2ccccc2)c2ccccc21)/c1ccccc1. The summed E-state index contributed by atoms with van der Waals surface area (Å²) < 4.78 is 2.20. The summed E-state index contributed by atoms with van der Waals surface area (Å²) in [6.07, 6.45) is 6.48. The second-order valence-corrected chi connectivity index (χ2v) is 5.56. The molecule has 1 heteroatoms. The predicted molar refractivity (Wildman–Crippen MR) is 99.0 cm³/mol. The van der Waals surface area contributed by atoms with Crippen LogP contribution in [0, 0.1) is 0 Å². The van der Waals surface area contributed by atoms with E-state index in [2.05, 4.69) is 102 Å². The van der Waals surface area contributed by atoms with Crippen LogP contribution in [0.1, 0.15) is 5.56 Å². The van der Waals surface area contributed by atoms with E-state index in [1.807, 2.05) is 6.07 Å². The number of nitrogens with zero attached hydrogens (tertiary/aromatic N) is 1. The van der Waals surface area contributed by atoms with Crippen molar-refractivity contribution in [2.24, 2.45) is 0 Å². The summed E-state index contributed by atoms with van der Waals surface area (Å²) >= 11 is 0. The highest BCUT2D eigenvalue weighted by Crippen LogP contribution is 2.30. The van der Waals surface area contributed by atoms with Crippen LogP contribution in [-0.2, 0) is 0 Å². The van der Waals surface area contributed by atoms with E-state index in [1.54, 1.807) is 0 Å². The average molecular weight is 295 g/mol. The molecule has 1 aromatic heterocycles. The van der Waals surface area contributed by atoms with Gasteiger partial charge in [-0.25, -0.2) is 0 Å². The quantitative estimate of drug-likeness (QED) is 0.441. The van der Waals surface area contributed by atoms with Crippen LogP contribution in [0.15, 0.2) is 91.1 Å². The lowest BCUT2D eigenvalue weighted by molar-refractivity contribution is 1.23.